The molecule has 2 heteroatoms. The summed E-state index contributed by atoms with van der Waals surface area (Å²) in [6.07, 6.45) is 2.71. The quantitative estimate of drug-likeness (QED) is 0.718. The molecule has 0 radical (unpaired) electrons. The van der Waals surface area contributed by atoms with Gasteiger partial charge in [-0.3, -0.25) is 0 Å². The van der Waals surface area contributed by atoms with Crippen molar-refractivity contribution in [2.24, 2.45) is 23.7 Å². The highest BCUT2D eigenvalue weighted by molar-refractivity contribution is 6.30. The molecule has 1 aliphatic rings. The Morgan fingerprint density at radius 3 is 2.05 bits per heavy atom. The predicted octanol–water partition coefficient (Wildman–Crippen LogP) is 5.31. The Kier molecular flexibility index (Phi) is 5.51. The topological polar surface area (TPSA) is 12.0 Å². The second-order valence-corrected chi connectivity index (χ2v) is 7.36. The number of hydrogen-bond acceptors (Lipinski definition) is 1. The smallest absolute Gasteiger partial charge is 0.0406 e. The highest BCUT2D eigenvalue weighted by atomic mass is 35.5. The third-order valence-corrected chi connectivity index (χ3v) is 4.86. The number of nitrogens with one attached hydrogen (secondary N) is 1. The summed E-state index contributed by atoms with van der Waals surface area (Å²) in [5, 5.41) is 4.66. The molecule has 0 amide bonds. The summed E-state index contributed by atoms with van der Waals surface area (Å²) in [6, 6.07) is 8.88. The zero-order chi connectivity index (χ0) is 14.7. The molecule has 0 aromatic heterocycles. The number of benzene rings is 1. The van der Waals surface area contributed by atoms with Crippen molar-refractivity contribution < 1.29 is 0 Å². The lowest BCUT2D eigenvalue weighted by molar-refractivity contribution is 0.261. The average molecular weight is 294 g/mol. The SMILES string of the molecule is CC(C)C(CNC(c1ccc(Cl)cc1)C1CC1)C(C)C. The molecular formula is C18H28ClN. The molecule has 1 aromatic carbocycles. The van der Waals surface area contributed by atoms with Crippen molar-refractivity contribution >= 4 is 11.6 Å². The van der Waals surface area contributed by atoms with E-state index in [2.05, 4.69) is 45.1 Å². The summed E-state index contributed by atoms with van der Waals surface area (Å²) < 4.78 is 0. The summed E-state index contributed by atoms with van der Waals surface area (Å²) in [7, 11) is 0. The zero-order valence-corrected chi connectivity index (χ0v) is 14.0. The van der Waals surface area contributed by atoms with E-state index in [0.29, 0.717) is 6.04 Å². The van der Waals surface area contributed by atoms with E-state index in [4.69, 9.17) is 11.6 Å². The van der Waals surface area contributed by atoms with Gasteiger partial charge in [0.15, 0.2) is 0 Å². The van der Waals surface area contributed by atoms with Crippen molar-refractivity contribution in [3.63, 3.8) is 0 Å². The lowest BCUT2D eigenvalue weighted by Crippen LogP contribution is -2.33. The molecule has 0 saturated heterocycles. The van der Waals surface area contributed by atoms with Crippen molar-refractivity contribution in [3.05, 3.63) is 34.9 Å². The summed E-state index contributed by atoms with van der Waals surface area (Å²) in [5.41, 5.74) is 1.39. The van der Waals surface area contributed by atoms with Crippen LogP contribution in [0.3, 0.4) is 0 Å². The molecule has 1 aromatic rings. The Hall–Kier alpha value is -0.530. The standard InChI is InChI=1S/C18H28ClN/c1-12(2)17(13(3)4)11-20-18(14-5-6-14)15-7-9-16(19)10-8-15/h7-10,12-14,17-18,20H,5-6,11H2,1-4H3. The van der Waals surface area contributed by atoms with Gasteiger partial charge in [0, 0.05) is 11.1 Å². The predicted molar refractivity (Wildman–Crippen MR) is 88.1 cm³/mol. The van der Waals surface area contributed by atoms with Gasteiger partial charge in [0.05, 0.1) is 0 Å². The maximum Gasteiger partial charge on any atom is 0.0406 e. The molecule has 0 heterocycles. The Labute approximate surface area is 129 Å². The first-order valence-electron chi connectivity index (χ1n) is 7.98. The first-order valence-corrected chi connectivity index (χ1v) is 8.35. The van der Waals surface area contributed by atoms with E-state index in [9.17, 15) is 0 Å². The van der Waals surface area contributed by atoms with E-state index < -0.39 is 0 Å². The fourth-order valence-corrected chi connectivity index (χ4v) is 3.29. The third-order valence-electron chi connectivity index (χ3n) is 4.61. The van der Waals surface area contributed by atoms with Gasteiger partial charge in [0.1, 0.15) is 0 Å². The van der Waals surface area contributed by atoms with Gasteiger partial charge in [0.25, 0.3) is 0 Å². The van der Waals surface area contributed by atoms with E-state index in [-0.39, 0.29) is 0 Å². The lowest BCUT2D eigenvalue weighted by Gasteiger charge is -2.28. The molecule has 112 valence electrons. The van der Waals surface area contributed by atoms with Crippen LogP contribution in [-0.4, -0.2) is 6.54 Å². The average Bonchev–Trinajstić information content (AvgIpc) is 3.19. The van der Waals surface area contributed by atoms with Gasteiger partial charge in [-0.2, -0.15) is 0 Å². The van der Waals surface area contributed by atoms with Gasteiger partial charge in [-0.1, -0.05) is 51.4 Å². The minimum absolute atomic E-state index is 0.507. The lowest BCUT2D eigenvalue weighted by atomic mass is 9.85. The molecule has 1 atom stereocenters. The Bertz CT molecular complexity index is 398. The van der Waals surface area contributed by atoms with Crippen LogP contribution in [0, 0.1) is 23.7 Å². The van der Waals surface area contributed by atoms with Crippen LogP contribution in [0.1, 0.15) is 52.1 Å². The highest BCUT2D eigenvalue weighted by Gasteiger charge is 2.32. The van der Waals surface area contributed by atoms with Crippen LogP contribution in [0.25, 0.3) is 0 Å². The molecule has 0 aliphatic heterocycles. The van der Waals surface area contributed by atoms with Crippen molar-refractivity contribution in [1.29, 1.82) is 0 Å². The first-order chi connectivity index (χ1) is 9.49. The first kappa shape index (κ1) is 15.9. The monoisotopic (exact) mass is 293 g/mol. The van der Waals surface area contributed by atoms with Gasteiger partial charge < -0.3 is 5.32 Å². The van der Waals surface area contributed by atoms with E-state index in [1.54, 1.807) is 0 Å². The largest absolute Gasteiger partial charge is 0.309 e. The second-order valence-electron chi connectivity index (χ2n) is 6.93. The fourth-order valence-electron chi connectivity index (χ4n) is 3.16. The Morgan fingerprint density at radius 1 is 1.05 bits per heavy atom. The Balaban J connectivity index is 2.01. The minimum Gasteiger partial charge on any atom is -0.309 e. The van der Waals surface area contributed by atoms with Gasteiger partial charge >= 0.3 is 0 Å². The zero-order valence-electron chi connectivity index (χ0n) is 13.2. The highest BCUT2D eigenvalue weighted by Crippen LogP contribution is 2.41. The van der Waals surface area contributed by atoms with E-state index in [0.717, 1.165) is 35.2 Å². The van der Waals surface area contributed by atoms with E-state index in [1.165, 1.54) is 18.4 Å². The van der Waals surface area contributed by atoms with Crippen LogP contribution in [0.15, 0.2) is 24.3 Å². The van der Waals surface area contributed by atoms with Crippen molar-refractivity contribution in [2.45, 2.75) is 46.6 Å². The van der Waals surface area contributed by atoms with Gasteiger partial charge in [-0.25, -0.2) is 0 Å². The van der Waals surface area contributed by atoms with Crippen LogP contribution >= 0.6 is 11.6 Å². The van der Waals surface area contributed by atoms with E-state index in [1.807, 2.05) is 12.1 Å². The normalized spacial score (nSPS) is 17.2. The van der Waals surface area contributed by atoms with Gasteiger partial charge in [-0.15, -0.1) is 0 Å². The molecule has 20 heavy (non-hydrogen) atoms. The van der Waals surface area contributed by atoms with Gasteiger partial charge in [-0.05, 0) is 60.8 Å². The molecule has 1 fully saturated rings. The molecule has 1 saturated carbocycles. The van der Waals surface area contributed by atoms with Crippen LogP contribution in [0.5, 0.6) is 0 Å². The molecule has 0 spiro atoms. The maximum atomic E-state index is 6.00. The van der Waals surface area contributed by atoms with E-state index >= 15 is 0 Å². The molecule has 1 unspecified atom stereocenters. The van der Waals surface area contributed by atoms with Gasteiger partial charge in [0.2, 0.25) is 0 Å². The molecule has 2 rings (SSSR count). The molecule has 1 N–H and O–H groups in total. The summed E-state index contributed by atoms with van der Waals surface area (Å²) in [5.74, 6) is 3.01. The van der Waals surface area contributed by atoms with Crippen LogP contribution in [0.2, 0.25) is 5.02 Å². The summed E-state index contributed by atoms with van der Waals surface area (Å²) >= 11 is 6.00. The second kappa shape index (κ2) is 6.95. The Morgan fingerprint density at radius 2 is 1.60 bits per heavy atom. The van der Waals surface area contributed by atoms with Crippen molar-refractivity contribution in [2.75, 3.05) is 6.54 Å². The summed E-state index contributed by atoms with van der Waals surface area (Å²) in [6.45, 7) is 10.4. The van der Waals surface area contributed by atoms with Crippen molar-refractivity contribution in [3.8, 4) is 0 Å². The number of rotatable bonds is 7. The molecular weight excluding hydrogens is 266 g/mol. The minimum atomic E-state index is 0.507. The van der Waals surface area contributed by atoms with Crippen LogP contribution < -0.4 is 5.32 Å². The molecule has 0 bridgehead atoms. The third kappa shape index (κ3) is 4.23. The van der Waals surface area contributed by atoms with Crippen LogP contribution in [-0.2, 0) is 0 Å². The number of hydrogen-bond donors (Lipinski definition) is 1. The molecule has 1 aliphatic carbocycles. The fraction of sp³-hybridized carbons (Fsp3) is 0.667. The maximum absolute atomic E-state index is 6.00. The molecule has 1 nitrogen and oxygen atoms in total. The number of halogens is 1. The van der Waals surface area contributed by atoms with Crippen LogP contribution in [0.4, 0.5) is 0 Å². The van der Waals surface area contributed by atoms with Crippen molar-refractivity contribution in [1.82, 2.24) is 5.32 Å². The summed E-state index contributed by atoms with van der Waals surface area (Å²) in [4.78, 5) is 0.